The molecule has 5 nitrogen and oxygen atoms in total. The molecule has 4 aromatic carbocycles. The van der Waals surface area contributed by atoms with E-state index in [0.717, 1.165) is 62.4 Å². The average Bonchev–Trinajstić information content (AvgIpc) is 3.49. The third-order valence-corrected chi connectivity index (χ3v) is 8.04. The number of fused-ring (bicyclic) bond motifs is 3. The van der Waals surface area contributed by atoms with Crippen LogP contribution in [0.5, 0.6) is 11.5 Å². The number of aromatic nitrogens is 4. The van der Waals surface area contributed by atoms with Crippen molar-refractivity contribution in [2.75, 3.05) is 0 Å². The molecule has 3 heterocycles. The number of aryl methyl sites for hydroxylation is 2. The van der Waals surface area contributed by atoms with Crippen molar-refractivity contribution >= 4 is 21.8 Å². The van der Waals surface area contributed by atoms with Crippen molar-refractivity contribution in [1.82, 2.24) is 19.3 Å². The first-order valence-electron chi connectivity index (χ1n) is 15.1. The Kier molecular flexibility index (Phi) is 8.48. The minimum absolute atomic E-state index is 0. The van der Waals surface area contributed by atoms with Crippen LogP contribution in [-0.2, 0) is 27.5 Å². The summed E-state index contributed by atoms with van der Waals surface area (Å²) in [4.78, 5) is 4.74. The zero-order valence-corrected chi connectivity index (χ0v) is 28.3. The molecule has 0 aliphatic rings. The molecule has 7 rings (SSSR count). The normalized spacial score (nSPS) is 11.3. The molecule has 0 spiro atoms. The minimum Gasteiger partial charge on any atom is -0.509 e. The largest absolute Gasteiger partial charge is 2.00 e. The zero-order chi connectivity index (χ0) is 30.4. The van der Waals surface area contributed by atoms with Crippen LogP contribution in [0.3, 0.4) is 0 Å². The van der Waals surface area contributed by atoms with Gasteiger partial charge in [0.15, 0.2) is 0 Å². The summed E-state index contributed by atoms with van der Waals surface area (Å²) >= 11 is 0. The average molecular weight is 770 g/mol. The molecular weight excluding hydrogens is 736 g/mol. The molecule has 7 aromatic rings. The molecular formula is C39H34N4OPt. The van der Waals surface area contributed by atoms with Gasteiger partial charge in [0.2, 0.25) is 0 Å². The predicted octanol–water partition coefficient (Wildman–Crippen LogP) is 9.55. The number of hydrogen-bond donors (Lipinski definition) is 0. The van der Waals surface area contributed by atoms with Crippen LogP contribution in [0.4, 0.5) is 0 Å². The molecule has 0 saturated heterocycles. The Hall–Kier alpha value is -4.47. The van der Waals surface area contributed by atoms with Crippen LogP contribution in [0.1, 0.15) is 36.4 Å². The van der Waals surface area contributed by atoms with Gasteiger partial charge < -0.3 is 9.30 Å². The SMILES string of the molecule is Cc1ccnc(-n2c3[c-]c(Oc4[c-]c(-n5nc(C)c(-c6ccccc6)c5C)ccc4)ccc3c3cc(CC(C)C)ccc32)c1.[Pt+2]. The van der Waals surface area contributed by atoms with Gasteiger partial charge in [-0.1, -0.05) is 61.8 Å². The van der Waals surface area contributed by atoms with Crippen molar-refractivity contribution in [3.8, 4) is 34.1 Å². The van der Waals surface area contributed by atoms with Crippen LogP contribution in [0, 0.1) is 38.8 Å². The van der Waals surface area contributed by atoms with Gasteiger partial charge in [-0.05, 0) is 79.1 Å². The molecule has 0 atom stereocenters. The molecule has 0 N–H and O–H groups in total. The van der Waals surface area contributed by atoms with E-state index in [2.05, 4.69) is 99.0 Å². The Balaban J connectivity index is 0.00000357. The maximum atomic E-state index is 6.41. The van der Waals surface area contributed by atoms with Gasteiger partial charge in [0.25, 0.3) is 0 Å². The van der Waals surface area contributed by atoms with E-state index in [9.17, 15) is 0 Å². The predicted molar refractivity (Wildman–Crippen MR) is 178 cm³/mol. The summed E-state index contributed by atoms with van der Waals surface area (Å²) in [7, 11) is 0. The van der Waals surface area contributed by atoms with Crippen molar-refractivity contribution in [1.29, 1.82) is 0 Å². The first-order valence-corrected chi connectivity index (χ1v) is 15.1. The van der Waals surface area contributed by atoms with Crippen molar-refractivity contribution in [2.45, 2.75) is 41.0 Å². The maximum absolute atomic E-state index is 6.41. The van der Waals surface area contributed by atoms with Crippen molar-refractivity contribution in [2.24, 2.45) is 5.92 Å². The Morgan fingerprint density at radius 3 is 2.38 bits per heavy atom. The van der Waals surface area contributed by atoms with Crippen LogP contribution in [0.15, 0.2) is 97.2 Å². The van der Waals surface area contributed by atoms with Crippen molar-refractivity contribution in [3.63, 3.8) is 0 Å². The number of benzene rings is 4. The van der Waals surface area contributed by atoms with Gasteiger partial charge in [-0.2, -0.15) is 17.2 Å². The summed E-state index contributed by atoms with van der Waals surface area (Å²) in [5.74, 6) is 2.66. The molecule has 45 heavy (non-hydrogen) atoms. The second kappa shape index (κ2) is 12.5. The molecule has 0 bridgehead atoms. The maximum Gasteiger partial charge on any atom is 2.00 e. The number of ether oxygens (including phenoxy) is 1. The molecule has 0 radical (unpaired) electrons. The topological polar surface area (TPSA) is 44.9 Å². The van der Waals surface area contributed by atoms with Crippen LogP contribution in [-0.4, -0.2) is 19.3 Å². The molecule has 0 aliphatic carbocycles. The second-order valence-electron chi connectivity index (χ2n) is 11.9. The number of nitrogens with zero attached hydrogens (tertiary/aromatic N) is 4. The molecule has 3 aromatic heterocycles. The van der Waals surface area contributed by atoms with E-state index in [4.69, 9.17) is 14.8 Å². The minimum atomic E-state index is 0. The Labute approximate surface area is 278 Å². The first kappa shape index (κ1) is 30.6. The quantitative estimate of drug-likeness (QED) is 0.152. The van der Waals surface area contributed by atoms with E-state index in [1.165, 1.54) is 10.9 Å². The fourth-order valence-corrected chi connectivity index (χ4v) is 6.15. The van der Waals surface area contributed by atoms with Crippen molar-refractivity contribution < 1.29 is 25.8 Å². The van der Waals surface area contributed by atoms with Gasteiger partial charge in [-0.25, -0.2) is 4.98 Å². The summed E-state index contributed by atoms with van der Waals surface area (Å²) in [6, 6.07) is 38.3. The smallest absolute Gasteiger partial charge is 0.509 e. The van der Waals surface area contributed by atoms with Crippen LogP contribution >= 0.6 is 0 Å². The summed E-state index contributed by atoms with van der Waals surface area (Å²) in [5.41, 5.74) is 9.66. The van der Waals surface area contributed by atoms with Crippen LogP contribution in [0.2, 0.25) is 0 Å². The molecule has 0 aliphatic heterocycles. The molecule has 0 amide bonds. The fourth-order valence-electron chi connectivity index (χ4n) is 6.15. The van der Waals surface area contributed by atoms with Gasteiger partial charge in [-0.3, -0.25) is 4.68 Å². The van der Waals surface area contributed by atoms with Gasteiger partial charge >= 0.3 is 21.1 Å². The molecule has 226 valence electrons. The fraction of sp³-hybridized carbons (Fsp3) is 0.179. The van der Waals surface area contributed by atoms with Crippen molar-refractivity contribution in [3.05, 3.63) is 132 Å². The van der Waals surface area contributed by atoms with Gasteiger partial charge in [0.1, 0.15) is 5.82 Å². The van der Waals surface area contributed by atoms with E-state index >= 15 is 0 Å². The van der Waals surface area contributed by atoms with Crippen LogP contribution < -0.4 is 4.74 Å². The molecule has 0 saturated carbocycles. The van der Waals surface area contributed by atoms with Gasteiger partial charge in [-0.15, -0.1) is 35.7 Å². The van der Waals surface area contributed by atoms with E-state index in [1.54, 1.807) is 0 Å². The Bertz CT molecular complexity index is 2140. The molecule has 6 heteroatoms. The molecule has 0 unspecified atom stereocenters. The summed E-state index contributed by atoms with van der Waals surface area (Å²) in [6.07, 6.45) is 2.89. The summed E-state index contributed by atoms with van der Waals surface area (Å²) < 4.78 is 10.5. The summed E-state index contributed by atoms with van der Waals surface area (Å²) in [5, 5.41) is 7.17. The van der Waals surface area contributed by atoms with Gasteiger partial charge in [0.05, 0.1) is 5.69 Å². The number of pyridine rings is 1. The molecule has 0 fully saturated rings. The Morgan fingerprint density at radius 1 is 0.800 bits per heavy atom. The third-order valence-electron chi connectivity index (χ3n) is 8.04. The second-order valence-corrected chi connectivity index (χ2v) is 11.9. The van der Waals surface area contributed by atoms with Gasteiger partial charge in [0, 0.05) is 34.5 Å². The van der Waals surface area contributed by atoms with E-state index in [-0.39, 0.29) is 21.1 Å². The number of hydrogen-bond acceptors (Lipinski definition) is 3. The third kappa shape index (κ3) is 5.85. The number of rotatable bonds is 7. The van der Waals surface area contributed by atoms with Crippen LogP contribution in [0.25, 0.3) is 44.4 Å². The zero-order valence-electron chi connectivity index (χ0n) is 26.0. The Morgan fingerprint density at radius 2 is 1.60 bits per heavy atom. The van der Waals surface area contributed by atoms with E-state index in [1.807, 2.05) is 54.2 Å². The standard InChI is InChI=1S/C39H34N4O.Pt/c1-25(2)20-29-14-17-36-35(22-29)34-16-15-33(24-37(34)42(36)38-21-26(3)18-19-40-38)44-32-13-9-12-31(23-32)43-28(5)39(27(4)41-43)30-10-7-6-8-11-30;/h6-19,21-22,25H,20H2,1-5H3;/q-2;+2. The first-order chi connectivity index (χ1) is 21.4. The monoisotopic (exact) mass is 769 g/mol. The summed E-state index contributed by atoms with van der Waals surface area (Å²) in [6.45, 7) is 10.7. The van der Waals surface area contributed by atoms with E-state index < -0.39 is 0 Å². The van der Waals surface area contributed by atoms with E-state index in [0.29, 0.717) is 17.4 Å².